The molecule has 8 heteroatoms. The minimum atomic E-state index is 0.0398. The first-order valence-corrected chi connectivity index (χ1v) is 11.8. The van der Waals surface area contributed by atoms with Gasteiger partial charge in [-0.05, 0) is 37.1 Å². The van der Waals surface area contributed by atoms with Crippen molar-refractivity contribution < 1.29 is 4.79 Å². The van der Waals surface area contributed by atoms with E-state index in [9.17, 15) is 4.79 Å². The van der Waals surface area contributed by atoms with Crippen LogP contribution in [0.15, 0.2) is 22.2 Å². The standard InChI is InChI=1S/C20H23N5OS2/c26-20(16-13-28-19(21-16)15-7-10-27-12-15)24-8-4-5-14(11-24)18-23-22-17-6-2-1-3-9-25(17)18/h7,10,12-14H,1-6,8-9,11H2. The largest absolute Gasteiger partial charge is 0.337 e. The third kappa shape index (κ3) is 3.39. The summed E-state index contributed by atoms with van der Waals surface area (Å²) < 4.78 is 2.32. The molecule has 1 fully saturated rings. The molecule has 2 aliphatic rings. The number of aryl methyl sites for hydroxylation is 1. The maximum atomic E-state index is 13.1. The lowest BCUT2D eigenvalue weighted by atomic mass is 9.96. The third-order valence-electron chi connectivity index (χ3n) is 5.70. The van der Waals surface area contributed by atoms with E-state index in [4.69, 9.17) is 0 Å². The Hall–Kier alpha value is -2.06. The zero-order valence-electron chi connectivity index (χ0n) is 15.7. The molecule has 6 nitrogen and oxygen atoms in total. The van der Waals surface area contributed by atoms with Crippen LogP contribution in [0.3, 0.4) is 0 Å². The Morgan fingerprint density at radius 3 is 2.96 bits per heavy atom. The van der Waals surface area contributed by atoms with Crippen LogP contribution in [0.4, 0.5) is 0 Å². The van der Waals surface area contributed by atoms with E-state index >= 15 is 0 Å². The first-order chi connectivity index (χ1) is 13.8. The minimum Gasteiger partial charge on any atom is -0.337 e. The lowest BCUT2D eigenvalue weighted by Gasteiger charge is -2.32. The highest BCUT2D eigenvalue weighted by atomic mass is 32.1. The van der Waals surface area contributed by atoms with Crippen molar-refractivity contribution in [3.05, 3.63) is 39.5 Å². The van der Waals surface area contributed by atoms with Crippen molar-refractivity contribution in [2.24, 2.45) is 0 Å². The number of likely N-dealkylation sites (tertiary alicyclic amines) is 1. The maximum Gasteiger partial charge on any atom is 0.273 e. The molecular formula is C20H23N5OS2. The molecule has 0 bridgehead atoms. The van der Waals surface area contributed by atoms with Crippen LogP contribution in [0.1, 0.15) is 60.2 Å². The van der Waals surface area contributed by atoms with Crippen LogP contribution in [0.2, 0.25) is 0 Å². The highest BCUT2D eigenvalue weighted by Crippen LogP contribution is 2.30. The number of piperidine rings is 1. The molecule has 0 aromatic carbocycles. The number of carbonyl (C=O) groups excluding carboxylic acids is 1. The quantitative estimate of drug-likeness (QED) is 0.645. The molecule has 28 heavy (non-hydrogen) atoms. The number of nitrogens with zero attached hydrogens (tertiary/aromatic N) is 5. The SMILES string of the molecule is O=C(c1csc(-c2ccsc2)n1)N1CCCC(c2nnc3n2CCCCC3)C1. The number of aromatic nitrogens is 4. The first kappa shape index (κ1) is 18.0. The van der Waals surface area contributed by atoms with E-state index in [-0.39, 0.29) is 11.8 Å². The van der Waals surface area contributed by atoms with Crippen LogP contribution in [0.5, 0.6) is 0 Å². The average Bonchev–Trinajstić information content (AvgIpc) is 3.46. The Balaban J connectivity index is 1.33. The van der Waals surface area contributed by atoms with Crippen molar-refractivity contribution in [2.75, 3.05) is 13.1 Å². The Labute approximate surface area is 172 Å². The second kappa shape index (κ2) is 7.75. The molecule has 5 heterocycles. The van der Waals surface area contributed by atoms with E-state index in [1.165, 1.54) is 19.3 Å². The van der Waals surface area contributed by atoms with E-state index in [2.05, 4.69) is 25.1 Å². The first-order valence-electron chi connectivity index (χ1n) is 9.99. The van der Waals surface area contributed by atoms with E-state index in [1.54, 1.807) is 22.7 Å². The molecule has 3 aromatic heterocycles. The predicted molar refractivity (Wildman–Crippen MR) is 111 cm³/mol. The number of rotatable bonds is 3. The minimum absolute atomic E-state index is 0.0398. The van der Waals surface area contributed by atoms with Gasteiger partial charge in [0.1, 0.15) is 22.4 Å². The molecule has 0 spiro atoms. The van der Waals surface area contributed by atoms with E-state index < -0.39 is 0 Å². The van der Waals surface area contributed by atoms with Gasteiger partial charge in [-0.25, -0.2) is 4.98 Å². The normalized spacial score (nSPS) is 20.0. The summed E-state index contributed by atoms with van der Waals surface area (Å²) in [5.41, 5.74) is 1.66. The Bertz CT molecular complexity index is 961. The van der Waals surface area contributed by atoms with Crippen LogP contribution in [0, 0.1) is 0 Å². The summed E-state index contributed by atoms with van der Waals surface area (Å²) in [5.74, 6) is 2.51. The van der Waals surface area contributed by atoms with Crippen molar-refractivity contribution in [3.63, 3.8) is 0 Å². The molecule has 0 aliphatic carbocycles. The number of thiazole rings is 1. The average molecular weight is 414 g/mol. The molecule has 1 unspecified atom stereocenters. The smallest absolute Gasteiger partial charge is 0.273 e. The van der Waals surface area contributed by atoms with Gasteiger partial charge in [-0.2, -0.15) is 11.3 Å². The zero-order valence-corrected chi connectivity index (χ0v) is 17.3. The zero-order chi connectivity index (χ0) is 18.9. The lowest BCUT2D eigenvalue weighted by molar-refractivity contribution is 0.0698. The topological polar surface area (TPSA) is 63.9 Å². The summed E-state index contributed by atoms with van der Waals surface area (Å²) in [7, 11) is 0. The fourth-order valence-electron chi connectivity index (χ4n) is 4.23. The molecule has 1 amide bonds. The molecule has 1 saturated heterocycles. The lowest BCUT2D eigenvalue weighted by Crippen LogP contribution is -2.40. The summed E-state index contributed by atoms with van der Waals surface area (Å²) in [6, 6.07) is 2.05. The van der Waals surface area contributed by atoms with Gasteiger partial charge in [-0.3, -0.25) is 4.79 Å². The molecule has 0 saturated carbocycles. The van der Waals surface area contributed by atoms with Gasteiger partial charge < -0.3 is 9.47 Å². The van der Waals surface area contributed by atoms with E-state index in [0.717, 1.165) is 54.6 Å². The predicted octanol–water partition coefficient (Wildman–Crippen LogP) is 4.21. The van der Waals surface area contributed by atoms with Crippen LogP contribution in [-0.4, -0.2) is 43.6 Å². The Morgan fingerprint density at radius 2 is 2.07 bits per heavy atom. The van der Waals surface area contributed by atoms with Crippen molar-refractivity contribution >= 4 is 28.6 Å². The molecular weight excluding hydrogens is 390 g/mol. The number of hydrogen-bond donors (Lipinski definition) is 0. The summed E-state index contributed by atoms with van der Waals surface area (Å²) in [6.45, 7) is 2.52. The van der Waals surface area contributed by atoms with Crippen molar-refractivity contribution in [3.8, 4) is 10.6 Å². The van der Waals surface area contributed by atoms with Crippen molar-refractivity contribution in [1.29, 1.82) is 0 Å². The molecule has 0 N–H and O–H groups in total. The second-order valence-corrected chi connectivity index (χ2v) is 9.22. The Morgan fingerprint density at radius 1 is 1.11 bits per heavy atom. The molecule has 0 radical (unpaired) electrons. The second-order valence-electron chi connectivity index (χ2n) is 7.58. The van der Waals surface area contributed by atoms with Gasteiger partial charge in [0.15, 0.2) is 0 Å². The summed E-state index contributed by atoms with van der Waals surface area (Å²) in [5, 5.41) is 15.9. The van der Waals surface area contributed by atoms with Gasteiger partial charge in [0.2, 0.25) is 0 Å². The summed E-state index contributed by atoms with van der Waals surface area (Å²) >= 11 is 3.19. The number of thiophene rings is 1. The molecule has 146 valence electrons. The van der Waals surface area contributed by atoms with E-state index in [1.807, 2.05) is 21.7 Å². The fourth-order valence-corrected chi connectivity index (χ4v) is 5.74. The van der Waals surface area contributed by atoms with Gasteiger partial charge in [-0.1, -0.05) is 6.42 Å². The highest BCUT2D eigenvalue weighted by Gasteiger charge is 2.30. The molecule has 1 atom stereocenters. The maximum absolute atomic E-state index is 13.1. The fraction of sp³-hybridized carbons (Fsp3) is 0.500. The van der Waals surface area contributed by atoms with Gasteiger partial charge in [0.05, 0.1) is 0 Å². The van der Waals surface area contributed by atoms with Crippen LogP contribution in [0.25, 0.3) is 10.6 Å². The van der Waals surface area contributed by atoms with Crippen molar-refractivity contribution in [2.45, 2.75) is 51.0 Å². The highest BCUT2D eigenvalue weighted by molar-refractivity contribution is 7.14. The molecule has 5 rings (SSSR count). The monoisotopic (exact) mass is 413 g/mol. The van der Waals surface area contributed by atoms with Crippen molar-refractivity contribution in [1.82, 2.24) is 24.6 Å². The van der Waals surface area contributed by atoms with Gasteiger partial charge in [0, 0.05) is 48.3 Å². The number of amides is 1. The van der Waals surface area contributed by atoms with E-state index in [0.29, 0.717) is 12.2 Å². The van der Waals surface area contributed by atoms with Crippen LogP contribution in [-0.2, 0) is 13.0 Å². The summed E-state index contributed by atoms with van der Waals surface area (Å²) in [4.78, 5) is 19.6. The van der Waals surface area contributed by atoms with Gasteiger partial charge >= 0.3 is 0 Å². The third-order valence-corrected chi connectivity index (χ3v) is 7.28. The van der Waals surface area contributed by atoms with Gasteiger partial charge in [-0.15, -0.1) is 21.5 Å². The number of carbonyl (C=O) groups is 1. The molecule has 2 aliphatic heterocycles. The number of fused-ring (bicyclic) bond motifs is 1. The van der Waals surface area contributed by atoms with Crippen LogP contribution >= 0.6 is 22.7 Å². The molecule has 3 aromatic rings. The van der Waals surface area contributed by atoms with Crippen LogP contribution < -0.4 is 0 Å². The Kier molecular flexibility index (Phi) is 4.98. The summed E-state index contributed by atoms with van der Waals surface area (Å²) in [6.07, 6.45) is 6.74. The van der Waals surface area contributed by atoms with Gasteiger partial charge in [0.25, 0.3) is 5.91 Å². The number of hydrogen-bond acceptors (Lipinski definition) is 6.